The lowest BCUT2D eigenvalue weighted by Gasteiger charge is -2.29. The van der Waals surface area contributed by atoms with Crippen molar-refractivity contribution in [3.8, 4) is 5.75 Å². The predicted molar refractivity (Wildman–Crippen MR) is 119 cm³/mol. The number of amides is 1. The van der Waals surface area contributed by atoms with E-state index in [2.05, 4.69) is 10.3 Å². The van der Waals surface area contributed by atoms with Gasteiger partial charge < -0.3 is 4.74 Å². The first-order chi connectivity index (χ1) is 14.2. The highest BCUT2D eigenvalue weighted by Gasteiger charge is 2.29. The highest BCUT2D eigenvalue weighted by Crippen LogP contribution is 2.30. The number of sulfonamides is 1. The third kappa shape index (κ3) is 4.97. The first-order valence-corrected chi connectivity index (χ1v) is 11.9. The van der Waals surface area contributed by atoms with Gasteiger partial charge in [0.2, 0.25) is 10.0 Å². The minimum atomic E-state index is -3.64. The zero-order valence-corrected chi connectivity index (χ0v) is 19.0. The summed E-state index contributed by atoms with van der Waals surface area (Å²) in [4.78, 5) is 16.7. The van der Waals surface area contributed by atoms with Crippen molar-refractivity contribution in [2.24, 2.45) is 0 Å². The van der Waals surface area contributed by atoms with Crippen molar-refractivity contribution in [3.63, 3.8) is 0 Å². The molecule has 0 aliphatic heterocycles. The summed E-state index contributed by atoms with van der Waals surface area (Å²) in [5.41, 5.74) is 0.624. The molecular formula is C21H25N3O4S2. The number of ether oxygens (including phenoxy) is 1. The summed E-state index contributed by atoms with van der Waals surface area (Å²) in [6.07, 6.45) is 0. The van der Waals surface area contributed by atoms with Gasteiger partial charge in [-0.25, -0.2) is 13.4 Å². The second kappa shape index (κ2) is 9.11. The molecule has 1 amide bonds. The first-order valence-electron chi connectivity index (χ1n) is 9.60. The van der Waals surface area contributed by atoms with Crippen LogP contribution in [0, 0.1) is 0 Å². The fourth-order valence-corrected chi connectivity index (χ4v) is 6.07. The Hall–Kier alpha value is -2.49. The lowest BCUT2D eigenvalue weighted by atomic mass is 10.3. The summed E-state index contributed by atoms with van der Waals surface area (Å²) in [6, 6.07) is 13.6. The third-order valence-corrected chi connectivity index (χ3v) is 7.49. The van der Waals surface area contributed by atoms with Gasteiger partial charge in [0.15, 0.2) is 11.7 Å². The smallest absolute Gasteiger partial charge is 0.264 e. The molecule has 0 radical (unpaired) electrons. The molecule has 2 aromatic carbocycles. The SMILES string of the molecule is CC(C)N(C(C)C)S(=O)(=O)c1ccc2nc(NC(=O)COc3ccccc3)sc2c1. The van der Waals surface area contributed by atoms with E-state index in [1.807, 2.05) is 45.9 Å². The zero-order valence-electron chi connectivity index (χ0n) is 17.3. The standard InChI is InChI=1S/C21H25N3O4S2/c1-14(2)24(15(3)4)30(26,27)17-10-11-18-19(12-17)29-21(22-18)23-20(25)13-28-16-8-6-5-7-9-16/h5-12,14-15H,13H2,1-4H3,(H,22,23,25). The van der Waals surface area contributed by atoms with Crippen molar-refractivity contribution >= 4 is 42.6 Å². The maximum atomic E-state index is 13.1. The average molecular weight is 448 g/mol. The van der Waals surface area contributed by atoms with Gasteiger partial charge in [0.05, 0.1) is 15.1 Å². The van der Waals surface area contributed by atoms with Crippen molar-refractivity contribution in [3.05, 3.63) is 48.5 Å². The molecule has 0 fully saturated rings. The number of nitrogens with zero attached hydrogens (tertiary/aromatic N) is 2. The van der Waals surface area contributed by atoms with E-state index < -0.39 is 10.0 Å². The number of hydrogen-bond donors (Lipinski definition) is 1. The Morgan fingerprint density at radius 3 is 2.40 bits per heavy atom. The molecule has 160 valence electrons. The van der Waals surface area contributed by atoms with Gasteiger partial charge in [-0.3, -0.25) is 10.1 Å². The number of anilines is 1. The van der Waals surface area contributed by atoms with Crippen LogP contribution in [0.5, 0.6) is 5.75 Å². The molecule has 0 bridgehead atoms. The molecule has 0 aliphatic rings. The Morgan fingerprint density at radius 1 is 1.10 bits per heavy atom. The first kappa shape index (κ1) is 22.2. The Kier molecular flexibility index (Phi) is 6.74. The van der Waals surface area contributed by atoms with Crippen molar-refractivity contribution < 1.29 is 17.9 Å². The molecule has 1 heterocycles. The van der Waals surface area contributed by atoms with Crippen LogP contribution in [-0.4, -0.2) is 42.3 Å². The molecule has 0 saturated carbocycles. The number of nitrogens with one attached hydrogen (secondary N) is 1. The molecule has 1 aromatic heterocycles. The van der Waals surface area contributed by atoms with Crippen LogP contribution in [0.4, 0.5) is 5.13 Å². The number of hydrogen-bond acceptors (Lipinski definition) is 6. The predicted octanol–water partition coefficient (Wildman–Crippen LogP) is 4.12. The van der Waals surface area contributed by atoms with Gasteiger partial charge in [0.25, 0.3) is 5.91 Å². The van der Waals surface area contributed by atoms with Crippen molar-refractivity contribution in [1.29, 1.82) is 0 Å². The lowest BCUT2D eigenvalue weighted by molar-refractivity contribution is -0.118. The summed E-state index contributed by atoms with van der Waals surface area (Å²) in [6.45, 7) is 7.28. The molecule has 0 spiro atoms. The van der Waals surface area contributed by atoms with Crippen LogP contribution in [-0.2, 0) is 14.8 Å². The van der Waals surface area contributed by atoms with Crippen molar-refractivity contribution in [2.45, 2.75) is 44.7 Å². The Labute approximate surface area is 180 Å². The highest BCUT2D eigenvalue weighted by atomic mass is 32.2. The number of carbonyl (C=O) groups is 1. The van der Waals surface area contributed by atoms with Crippen LogP contribution in [0.1, 0.15) is 27.7 Å². The lowest BCUT2D eigenvalue weighted by Crippen LogP contribution is -2.41. The number of thiazole rings is 1. The third-order valence-electron chi connectivity index (χ3n) is 4.31. The quantitative estimate of drug-likeness (QED) is 0.561. The van der Waals surface area contributed by atoms with Crippen LogP contribution in [0.25, 0.3) is 10.2 Å². The van der Waals surface area contributed by atoms with E-state index in [1.165, 1.54) is 15.6 Å². The van der Waals surface area contributed by atoms with Crippen LogP contribution >= 0.6 is 11.3 Å². The number of benzene rings is 2. The maximum Gasteiger partial charge on any atom is 0.264 e. The van der Waals surface area contributed by atoms with E-state index >= 15 is 0 Å². The highest BCUT2D eigenvalue weighted by molar-refractivity contribution is 7.89. The zero-order chi connectivity index (χ0) is 21.9. The number of fused-ring (bicyclic) bond motifs is 1. The normalized spacial score (nSPS) is 12.1. The van der Waals surface area contributed by atoms with Crippen LogP contribution in [0.3, 0.4) is 0 Å². The number of carbonyl (C=O) groups excluding carboxylic acids is 1. The summed E-state index contributed by atoms with van der Waals surface area (Å²) in [7, 11) is -3.64. The molecule has 0 unspecified atom stereocenters. The summed E-state index contributed by atoms with van der Waals surface area (Å²) >= 11 is 1.22. The molecule has 30 heavy (non-hydrogen) atoms. The van der Waals surface area contributed by atoms with E-state index in [4.69, 9.17) is 4.74 Å². The van der Waals surface area contributed by atoms with Gasteiger partial charge >= 0.3 is 0 Å². The minimum absolute atomic E-state index is 0.142. The average Bonchev–Trinajstić information content (AvgIpc) is 3.07. The molecule has 3 rings (SSSR count). The Bertz CT molecular complexity index is 1120. The van der Waals surface area contributed by atoms with E-state index in [0.717, 1.165) is 0 Å². The van der Waals surface area contributed by atoms with Crippen LogP contribution < -0.4 is 10.1 Å². The molecule has 0 saturated heterocycles. The maximum absolute atomic E-state index is 13.1. The number of rotatable bonds is 8. The molecule has 0 atom stereocenters. The summed E-state index contributed by atoms with van der Waals surface area (Å²) in [5, 5.41) is 3.10. The van der Waals surface area contributed by atoms with Gasteiger partial charge in [-0.05, 0) is 58.0 Å². The van der Waals surface area contributed by atoms with Crippen molar-refractivity contribution in [2.75, 3.05) is 11.9 Å². The largest absolute Gasteiger partial charge is 0.484 e. The molecule has 1 N–H and O–H groups in total. The van der Waals surface area contributed by atoms with Gasteiger partial charge in [-0.1, -0.05) is 29.5 Å². The Balaban J connectivity index is 1.76. The van der Waals surface area contributed by atoms with Gasteiger partial charge in [0, 0.05) is 12.1 Å². The summed E-state index contributed by atoms with van der Waals surface area (Å²) < 4.78 is 33.8. The fourth-order valence-electron chi connectivity index (χ4n) is 3.21. The second-order valence-electron chi connectivity index (χ2n) is 7.32. The van der Waals surface area contributed by atoms with Crippen LogP contribution in [0.15, 0.2) is 53.4 Å². The molecular weight excluding hydrogens is 422 g/mol. The topological polar surface area (TPSA) is 88.6 Å². The molecule has 9 heteroatoms. The molecule has 3 aromatic rings. The van der Waals surface area contributed by atoms with Crippen LogP contribution in [0.2, 0.25) is 0 Å². The molecule has 0 aliphatic carbocycles. The van der Waals surface area contributed by atoms with Gasteiger partial charge in [0.1, 0.15) is 5.75 Å². The number of aromatic nitrogens is 1. The fraction of sp³-hybridized carbons (Fsp3) is 0.333. The monoisotopic (exact) mass is 447 g/mol. The van der Waals surface area contributed by atoms with E-state index in [0.29, 0.717) is 21.1 Å². The summed E-state index contributed by atoms with van der Waals surface area (Å²) in [5.74, 6) is 0.267. The Morgan fingerprint density at radius 2 is 1.77 bits per heavy atom. The number of para-hydroxylation sites is 1. The van der Waals surface area contributed by atoms with Gasteiger partial charge in [-0.2, -0.15) is 4.31 Å². The van der Waals surface area contributed by atoms with E-state index in [9.17, 15) is 13.2 Å². The van der Waals surface area contributed by atoms with E-state index in [-0.39, 0.29) is 29.5 Å². The van der Waals surface area contributed by atoms with Gasteiger partial charge in [-0.15, -0.1) is 0 Å². The minimum Gasteiger partial charge on any atom is -0.484 e. The molecule has 7 nitrogen and oxygen atoms in total. The second-order valence-corrected chi connectivity index (χ2v) is 10.2. The van der Waals surface area contributed by atoms with E-state index in [1.54, 1.807) is 30.3 Å². The van der Waals surface area contributed by atoms with Crippen molar-refractivity contribution in [1.82, 2.24) is 9.29 Å².